The van der Waals surface area contributed by atoms with Gasteiger partial charge in [-0.2, -0.15) is 0 Å². The maximum absolute atomic E-state index is 8.77. The number of benzene rings is 1. The molecule has 1 heterocycles. The Balaban J connectivity index is 2.38. The van der Waals surface area contributed by atoms with Crippen molar-refractivity contribution in [3.8, 4) is 0 Å². The highest BCUT2D eigenvalue weighted by Gasteiger charge is 2.21. The molecule has 1 aromatic carbocycles. The standard InChI is InChI=1S/C15H18N6O/c16-4-3-12(17)9-1-2-10-13(7-9)21-15(19)11(14(10)18)8-20-5-6-22/h1-4,7-8,17-18,20,22H,5-6,16H2,(H2,19,21)/b4-3-,11-8+,17-12?,18-14?. The molecule has 0 aliphatic carbocycles. The highest BCUT2D eigenvalue weighted by atomic mass is 16.3. The third-order valence-electron chi connectivity index (χ3n) is 3.13. The molecule has 0 saturated carbocycles. The van der Waals surface area contributed by atoms with Gasteiger partial charge in [-0.25, -0.2) is 4.99 Å². The van der Waals surface area contributed by atoms with Crippen molar-refractivity contribution in [2.75, 3.05) is 13.2 Å². The molecule has 0 atom stereocenters. The summed E-state index contributed by atoms with van der Waals surface area (Å²) in [4.78, 5) is 4.29. The summed E-state index contributed by atoms with van der Waals surface area (Å²) in [6.45, 7) is 0.364. The van der Waals surface area contributed by atoms with Crippen LogP contribution < -0.4 is 16.8 Å². The Morgan fingerprint density at radius 2 is 2.18 bits per heavy atom. The van der Waals surface area contributed by atoms with Crippen molar-refractivity contribution in [1.82, 2.24) is 5.32 Å². The molecular weight excluding hydrogens is 280 g/mol. The number of nitrogens with one attached hydrogen (secondary N) is 3. The van der Waals surface area contributed by atoms with E-state index in [-0.39, 0.29) is 23.9 Å². The quantitative estimate of drug-likeness (QED) is 0.344. The first-order valence-corrected chi connectivity index (χ1v) is 6.68. The molecule has 1 aliphatic rings. The molecule has 1 aliphatic heterocycles. The number of hydrogen-bond acceptors (Lipinski definition) is 7. The third kappa shape index (κ3) is 3.04. The van der Waals surface area contributed by atoms with Crippen molar-refractivity contribution in [3.05, 3.63) is 53.4 Å². The SMILES string of the molecule is N=C(/C=C\N)c1ccc2c(c1)N=C(N)/C(=C/NCCO)C2=N. The molecule has 1 aromatic rings. The predicted molar refractivity (Wildman–Crippen MR) is 87.9 cm³/mol. The molecule has 7 nitrogen and oxygen atoms in total. The number of nitrogens with zero attached hydrogens (tertiary/aromatic N) is 1. The fourth-order valence-electron chi connectivity index (χ4n) is 2.04. The van der Waals surface area contributed by atoms with Gasteiger partial charge in [-0.3, -0.25) is 5.41 Å². The molecule has 8 N–H and O–H groups in total. The second-order valence-corrected chi connectivity index (χ2v) is 4.61. The van der Waals surface area contributed by atoms with Gasteiger partial charge in [-0.05, 0) is 24.4 Å². The zero-order valence-corrected chi connectivity index (χ0v) is 11.9. The largest absolute Gasteiger partial charge is 0.405 e. The smallest absolute Gasteiger partial charge is 0.135 e. The number of fused-ring (bicyclic) bond motifs is 1. The topological polar surface area (TPSA) is 144 Å². The predicted octanol–water partition coefficient (Wildman–Crippen LogP) is 0.363. The number of amidine groups is 1. The van der Waals surface area contributed by atoms with E-state index in [1.807, 2.05) is 0 Å². The number of rotatable bonds is 5. The molecule has 0 bridgehead atoms. The lowest BCUT2D eigenvalue weighted by Crippen LogP contribution is -2.27. The number of aliphatic imine (C=N–C) groups is 1. The Hall–Kier alpha value is -2.93. The molecular formula is C15H18N6O. The van der Waals surface area contributed by atoms with Crippen LogP contribution in [0.25, 0.3) is 0 Å². The summed E-state index contributed by atoms with van der Waals surface area (Å²) in [6, 6.07) is 5.18. The average Bonchev–Trinajstić information content (AvgIpc) is 2.50. The van der Waals surface area contributed by atoms with E-state index in [4.69, 9.17) is 27.4 Å². The van der Waals surface area contributed by atoms with Gasteiger partial charge in [-0.1, -0.05) is 6.07 Å². The minimum Gasteiger partial charge on any atom is -0.405 e. The molecule has 0 fully saturated rings. The van der Waals surface area contributed by atoms with Gasteiger partial charge in [-0.15, -0.1) is 0 Å². The van der Waals surface area contributed by atoms with E-state index in [1.54, 1.807) is 24.4 Å². The van der Waals surface area contributed by atoms with Gasteiger partial charge in [0.25, 0.3) is 0 Å². The molecule has 0 aromatic heterocycles. The summed E-state index contributed by atoms with van der Waals surface area (Å²) in [5, 5.41) is 27.7. The van der Waals surface area contributed by atoms with Crippen molar-refractivity contribution in [1.29, 1.82) is 10.8 Å². The second-order valence-electron chi connectivity index (χ2n) is 4.61. The van der Waals surface area contributed by atoms with Crippen molar-refractivity contribution < 1.29 is 5.11 Å². The first-order chi connectivity index (χ1) is 10.6. The Morgan fingerprint density at radius 3 is 2.86 bits per heavy atom. The van der Waals surface area contributed by atoms with Gasteiger partial charge in [0.2, 0.25) is 0 Å². The Bertz CT molecular complexity index is 702. The van der Waals surface area contributed by atoms with Crippen LogP contribution in [-0.2, 0) is 0 Å². The zero-order valence-electron chi connectivity index (χ0n) is 11.9. The van der Waals surface area contributed by atoms with Crippen molar-refractivity contribution in [2.24, 2.45) is 16.5 Å². The lowest BCUT2D eigenvalue weighted by molar-refractivity contribution is 0.298. The summed E-state index contributed by atoms with van der Waals surface area (Å²) >= 11 is 0. The van der Waals surface area contributed by atoms with Crippen molar-refractivity contribution >= 4 is 22.9 Å². The number of hydrogen-bond donors (Lipinski definition) is 6. The number of aliphatic hydroxyl groups excluding tert-OH is 1. The van der Waals surface area contributed by atoms with E-state index >= 15 is 0 Å². The van der Waals surface area contributed by atoms with Gasteiger partial charge >= 0.3 is 0 Å². The van der Waals surface area contributed by atoms with E-state index in [0.29, 0.717) is 28.9 Å². The first-order valence-electron chi connectivity index (χ1n) is 6.68. The van der Waals surface area contributed by atoms with Crippen LogP contribution in [0, 0.1) is 10.8 Å². The lowest BCUT2D eigenvalue weighted by Gasteiger charge is -2.18. The summed E-state index contributed by atoms with van der Waals surface area (Å²) in [5.41, 5.74) is 14.0. The van der Waals surface area contributed by atoms with E-state index in [0.717, 1.165) is 0 Å². The van der Waals surface area contributed by atoms with Crippen molar-refractivity contribution in [2.45, 2.75) is 0 Å². The Labute approximate surface area is 128 Å². The molecule has 0 spiro atoms. The summed E-state index contributed by atoms with van der Waals surface area (Å²) in [5.74, 6) is 0.223. The normalized spacial score (nSPS) is 15.8. The van der Waals surface area contributed by atoms with Crippen LogP contribution >= 0.6 is 0 Å². The van der Waals surface area contributed by atoms with Crippen LogP contribution in [0.1, 0.15) is 11.1 Å². The van der Waals surface area contributed by atoms with Gasteiger partial charge in [0, 0.05) is 23.9 Å². The molecule has 22 heavy (non-hydrogen) atoms. The minimum atomic E-state index is -0.00905. The zero-order chi connectivity index (χ0) is 16.1. The molecule has 114 valence electrons. The fourth-order valence-corrected chi connectivity index (χ4v) is 2.04. The summed E-state index contributed by atoms with van der Waals surface area (Å²) in [6.07, 6.45) is 4.36. The fraction of sp³-hybridized carbons (Fsp3) is 0.133. The number of aliphatic hydroxyl groups is 1. The number of allylic oxidation sites excluding steroid dienone is 1. The molecule has 0 amide bonds. The highest BCUT2D eigenvalue weighted by Crippen LogP contribution is 2.28. The van der Waals surface area contributed by atoms with Crippen LogP contribution in [-0.4, -0.2) is 35.5 Å². The lowest BCUT2D eigenvalue weighted by atomic mass is 9.95. The van der Waals surface area contributed by atoms with Crippen molar-refractivity contribution in [3.63, 3.8) is 0 Å². The molecule has 7 heteroatoms. The molecule has 0 unspecified atom stereocenters. The Morgan fingerprint density at radius 1 is 1.41 bits per heavy atom. The van der Waals surface area contributed by atoms with Crippen LogP contribution in [0.4, 0.5) is 5.69 Å². The van der Waals surface area contributed by atoms with Gasteiger partial charge < -0.3 is 27.3 Å². The number of nitrogens with two attached hydrogens (primary N) is 2. The van der Waals surface area contributed by atoms with Crippen LogP contribution in [0.2, 0.25) is 0 Å². The highest BCUT2D eigenvalue weighted by molar-refractivity contribution is 6.32. The van der Waals surface area contributed by atoms with Gasteiger partial charge in [0.1, 0.15) is 5.84 Å². The van der Waals surface area contributed by atoms with E-state index in [9.17, 15) is 0 Å². The molecule has 0 radical (unpaired) electrons. The van der Waals surface area contributed by atoms with E-state index in [1.165, 1.54) is 12.3 Å². The maximum Gasteiger partial charge on any atom is 0.135 e. The minimum absolute atomic E-state index is 0.00905. The third-order valence-corrected chi connectivity index (χ3v) is 3.13. The molecule has 0 saturated heterocycles. The first kappa shape index (κ1) is 15.5. The maximum atomic E-state index is 8.77. The Kier molecular flexibility index (Phi) is 4.70. The van der Waals surface area contributed by atoms with Gasteiger partial charge in [0.05, 0.1) is 29.3 Å². The van der Waals surface area contributed by atoms with Crippen LogP contribution in [0.3, 0.4) is 0 Å². The summed E-state index contributed by atoms with van der Waals surface area (Å²) < 4.78 is 0. The molecule has 2 rings (SSSR count). The average molecular weight is 298 g/mol. The monoisotopic (exact) mass is 298 g/mol. The van der Waals surface area contributed by atoms with Crippen LogP contribution in [0.15, 0.2) is 47.2 Å². The van der Waals surface area contributed by atoms with Gasteiger partial charge in [0.15, 0.2) is 0 Å². The van der Waals surface area contributed by atoms with Crippen LogP contribution in [0.5, 0.6) is 0 Å². The van der Waals surface area contributed by atoms with E-state index < -0.39 is 0 Å². The van der Waals surface area contributed by atoms with E-state index in [2.05, 4.69) is 10.3 Å². The second kappa shape index (κ2) is 6.68. The summed E-state index contributed by atoms with van der Waals surface area (Å²) in [7, 11) is 0.